The van der Waals surface area contributed by atoms with Gasteiger partial charge in [-0.05, 0) is 98.7 Å². The van der Waals surface area contributed by atoms with Gasteiger partial charge in [-0.2, -0.15) is 0 Å². The Bertz CT molecular complexity index is 418. The second-order valence-corrected chi connectivity index (χ2v) is 9.73. The summed E-state index contributed by atoms with van der Waals surface area (Å²) in [6.07, 6.45) is 17.7. The molecule has 4 aliphatic rings. The number of nitrogens with two attached hydrogens (primary N) is 1. The fraction of sp³-hybridized carbons (Fsp3) is 1.00. The Kier molecular flexibility index (Phi) is 3.87. The van der Waals surface area contributed by atoms with Crippen LogP contribution in [-0.2, 0) is 0 Å². The van der Waals surface area contributed by atoms with E-state index in [-0.39, 0.29) is 0 Å². The lowest BCUT2D eigenvalue weighted by Crippen LogP contribution is -2.54. The van der Waals surface area contributed by atoms with Crippen molar-refractivity contribution in [1.82, 2.24) is 0 Å². The van der Waals surface area contributed by atoms with Gasteiger partial charge in [0.2, 0.25) is 0 Å². The fourth-order valence-electron chi connectivity index (χ4n) is 8.02. The molecule has 22 heavy (non-hydrogen) atoms. The first-order valence-electron chi connectivity index (χ1n) is 10.3. The van der Waals surface area contributed by atoms with Crippen molar-refractivity contribution in [2.45, 2.75) is 96.9 Å². The van der Waals surface area contributed by atoms with Crippen LogP contribution >= 0.6 is 0 Å². The topological polar surface area (TPSA) is 26.0 Å². The first-order valence-corrected chi connectivity index (χ1v) is 10.3. The van der Waals surface area contributed by atoms with Crippen molar-refractivity contribution in [3.05, 3.63) is 0 Å². The van der Waals surface area contributed by atoms with Crippen molar-refractivity contribution in [2.75, 3.05) is 0 Å². The minimum atomic E-state index is 0.504. The summed E-state index contributed by atoms with van der Waals surface area (Å²) >= 11 is 0. The minimum absolute atomic E-state index is 0.504. The summed E-state index contributed by atoms with van der Waals surface area (Å²) in [4.78, 5) is 0. The lowest BCUT2D eigenvalue weighted by molar-refractivity contribution is -0.111. The van der Waals surface area contributed by atoms with Gasteiger partial charge in [0.05, 0.1) is 0 Å². The van der Waals surface area contributed by atoms with Gasteiger partial charge >= 0.3 is 0 Å². The summed E-state index contributed by atoms with van der Waals surface area (Å²) in [7, 11) is 0. The Hall–Kier alpha value is -0.0400. The molecule has 4 fully saturated rings. The van der Waals surface area contributed by atoms with Crippen molar-refractivity contribution < 1.29 is 0 Å². The number of rotatable bonds is 2. The Morgan fingerprint density at radius 3 is 2.64 bits per heavy atom. The van der Waals surface area contributed by atoms with Crippen molar-refractivity contribution in [1.29, 1.82) is 0 Å². The summed E-state index contributed by atoms with van der Waals surface area (Å²) in [6.45, 7) is 5.08. The average Bonchev–Trinajstić information content (AvgIpc) is 2.92. The molecule has 0 aromatic carbocycles. The highest BCUT2D eigenvalue weighted by atomic mass is 14.7. The molecule has 4 saturated carbocycles. The zero-order chi connectivity index (χ0) is 15.4. The highest BCUT2D eigenvalue weighted by Gasteiger charge is 2.58. The molecule has 0 aromatic heterocycles. The van der Waals surface area contributed by atoms with E-state index in [9.17, 15) is 0 Å². The molecule has 0 amide bonds. The molecule has 7 atom stereocenters. The summed E-state index contributed by atoms with van der Waals surface area (Å²) in [5, 5.41) is 0. The standard InChI is InChI=1S/C21H37N/c1-3-10-21-11-4-5-19(21)17-7-6-15-14-16(22)8-12-20(15,2)18(17)9-13-21/h15-19H,3-14,22H2,1-2H3/t15?,16?,17-,18+,19+,20+,21+/m1/s1. The highest BCUT2D eigenvalue weighted by molar-refractivity contribution is 5.08. The molecular weight excluding hydrogens is 266 g/mol. The summed E-state index contributed by atoms with van der Waals surface area (Å²) in [5.74, 6) is 4.13. The van der Waals surface area contributed by atoms with E-state index in [1.807, 2.05) is 0 Å². The van der Waals surface area contributed by atoms with Gasteiger partial charge in [-0.1, -0.05) is 26.7 Å². The smallest absolute Gasteiger partial charge is 0.00418 e. The van der Waals surface area contributed by atoms with Crippen LogP contribution < -0.4 is 5.73 Å². The van der Waals surface area contributed by atoms with Crippen molar-refractivity contribution in [3.63, 3.8) is 0 Å². The highest BCUT2D eigenvalue weighted by Crippen LogP contribution is 2.67. The quantitative estimate of drug-likeness (QED) is 0.713. The largest absolute Gasteiger partial charge is 0.328 e. The van der Waals surface area contributed by atoms with Gasteiger partial charge in [-0.3, -0.25) is 0 Å². The molecule has 0 aromatic rings. The molecule has 0 spiro atoms. The molecule has 4 aliphatic carbocycles. The van der Waals surface area contributed by atoms with Gasteiger partial charge in [0.25, 0.3) is 0 Å². The molecule has 0 bridgehead atoms. The molecule has 126 valence electrons. The maximum Gasteiger partial charge on any atom is 0.00418 e. The van der Waals surface area contributed by atoms with E-state index < -0.39 is 0 Å². The van der Waals surface area contributed by atoms with E-state index in [1.54, 1.807) is 25.7 Å². The normalized spacial score (nSPS) is 54.4. The van der Waals surface area contributed by atoms with Crippen LogP contribution in [0.3, 0.4) is 0 Å². The van der Waals surface area contributed by atoms with Crippen LogP contribution in [0.1, 0.15) is 90.9 Å². The predicted molar refractivity (Wildman–Crippen MR) is 93.6 cm³/mol. The van der Waals surface area contributed by atoms with Crippen LogP contribution in [-0.4, -0.2) is 6.04 Å². The van der Waals surface area contributed by atoms with Crippen molar-refractivity contribution >= 4 is 0 Å². The van der Waals surface area contributed by atoms with Crippen LogP contribution in [0, 0.1) is 34.5 Å². The third-order valence-corrected chi connectivity index (χ3v) is 8.98. The first-order chi connectivity index (χ1) is 10.6. The van der Waals surface area contributed by atoms with Gasteiger partial charge in [-0.15, -0.1) is 0 Å². The third kappa shape index (κ3) is 2.14. The number of hydrogen-bond acceptors (Lipinski definition) is 1. The zero-order valence-electron chi connectivity index (χ0n) is 14.9. The van der Waals surface area contributed by atoms with Gasteiger partial charge in [0.15, 0.2) is 0 Å². The summed E-state index contributed by atoms with van der Waals surface area (Å²) < 4.78 is 0. The Morgan fingerprint density at radius 1 is 0.955 bits per heavy atom. The zero-order valence-corrected chi connectivity index (χ0v) is 14.9. The van der Waals surface area contributed by atoms with Gasteiger partial charge in [0.1, 0.15) is 0 Å². The van der Waals surface area contributed by atoms with E-state index in [2.05, 4.69) is 13.8 Å². The van der Waals surface area contributed by atoms with Crippen molar-refractivity contribution in [3.8, 4) is 0 Å². The summed E-state index contributed by atoms with van der Waals surface area (Å²) in [5.41, 5.74) is 7.72. The Labute approximate surface area is 137 Å². The summed E-state index contributed by atoms with van der Waals surface area (Å²) in [6, 6.07) is 0.504. The third-order valence-electron chi connectivity index (χ3n) is 8.98. The number of hydrogen-bond donors (Lipinski definition) is 1. The second kappa shape index (κ2) is 5.50. The van der Waals surface area contributed by atoms with E-state index in [0.717, 1.165) is 29.1 Å². The fourth-order valence-corrected chi connectivity index (χ4v) is 8.02. The maximum atomic E-state index is 6.31. The second-order valence-electron chi connectivity index (χ2n) is 9.73. The van der Waals surface area contributed by atoms with Crippen LogP contribution in [0.5, 0.6) is 0 Å². The van der Waals surface area contributed by atoms with E-state index in [1.165, 1.54) is 51.4 Å². The maximum absolute atomic E-state index is 6.31. The van der Waals surface area contributed by atoms with Gasteiger partial charge in [0, 0.05) is 6.04 Å². The molecule has 2 N–H and O–H groups in total. The van der Waals surface area contributed by atoms with E-state index in [0.29, 0.717) is 11.5 Å². The Balaban J connectivity index is 1.60. The van der Waals surface area contributed by atoms with Crippen molar-refractivity contribution in [2.24, 2.45) is 40.2 Å². The molecular formula is C21H37N. The molecule has 0 radical (unpaired) electrons. The van der Waals surface area contributed by atoms with E-state index >= 15 is 0 Å². The van der Waals surface area contributed by atoms with E-state index in [4.69, 9.17) is 5.73 Å². The number of fused-ring (bicyclic) bond motifs is 5. The SMILES string of the molecule is CCC[C@@]12CCC[C@H]1[C@@H]1CCC3CC(N)CC[C@]3(C)[C@H]1CC2. The van der Waals surface area contributed by atoms with Crippen LogP contribution in [0.2, 0.25) is 0 Å². The lowest BCUT2D eigenvalue weighted by atomic mass is 9.44. The lowest BCUT2D eigenvalue weighted by Gasteiger charge is -2.61. The Morgan fingerprint density at radius 2 is 1.82 bits per heavy atom. The minimum Gasteiger partial charge on any atom is -0.328 e. The molecule has 1 nitrogen and oxygen atoms in total. The molecule has 0 saturated heterocycles. The molecule has 0 aliphatic heterocycles. The predicted octanol–water partition coefficient (Wildman–Crippen LogP) is 5.53. The average molecular weight is 304 g/mol. The molecule has 4 rings (SSSR count). The van der Waals surface area contributed by atoms with Gasteiger partial charge < -0.3 is 5.73 Å². The van der Waals surface area contributed by atoms with Crippen LogP contribution in [0.4, 0.5) is 0 Å². The molecule has 0 heterocycles. The molecule has 2 unspecified atom stereocenters. The monoisotopic (exact) mass is 303 g/mol. The first kappa shape index (κ1) is 15.5. The van der Waals surface area contributed by atoms with Crippen LogP contribution in [0.25, 0.3) is 0 Å². The van der Waals surface area contributed by atoms with Crippen LogP contribution in [0.15, 0.2) is 0 Å². The van der Waals surface area contributed by atoms with Gasteiger partial charge in [-0.25, -0.2) is 0 Å². The molecule has 1 heteroatoms.